The van der Waals surface area contributed by atoms with Crippen LogP contribution in [-0.4, -0.2) is 12.7 Å². The molecule has 0 atom stereocenters. The Morgan fingerprint density at radius 2 is 1.50 bits per heavy atom. The highest BCUT2D eigenvalue weighted by Gasteiger charge is 2.18. The topological polar surface area (TPSA) is 29.5 Å². The van der Waals surface area contributed by atoms with Gasteiger partial charge >= 0.3 is 6.09 Å². The minimum Gasteiger partial charge on any atom is -0.445 e. The van der Waals surface area contributed by atoms with Crippen molar-refractivity contribution in [2.45, 2.75) is 6.92 Å². The van der Waals surface area contributed by atoms with Crippen LogP contribution in [0.5, 0.6) is 0 Å². The van der Waals surface area contributed by atoms with Crippen LogP contribution in [0.2, 0.25) is 0 Å². The monoisotopic (exact) mass is 293 g/mol. The van der Waals surface area contributed by atoms with E-state index in [1.54, 1.807) is 11.0 Å². The SMILES string of the molecule is CC=CC=CCOC(=O)N(c1ccccc1)c1ccccc1. The van der Waals surface area contributed by atoms with Gasteiger partial charge in [-0.15, -0.1) is 0 Å². The molecule has 3 heteroatoms. The summed E-state index contributed by atoms with van der Waals surface area (Å²) >= 11 is 0. The molecule has 0 aromatic heterocycles. The maximum Gasteiger partial charge on any atom is 0.419 e. The third kappa shape index (κ3) is 4.35. The Morgan fingerprint density at radius 3 is 2.00 bits per heavy atom. The number of carbonyl (C=O) groups excluding carboxylic acids is 1. The van der Waals surface area contributed by atoms with E-state index in [4.69, 9.17) is 4.74 Å². The van der Waals surface area contributed by atoms with Crippen LogP contribution in [0.25, 0.3) is 0 Å². The lowest BCUT2D eigenvalue weighted by molar-refractivity contribution is 0.169. The molecule has 0 N–H and O–H groups in total. The van der Waals surface area contributed by atoms with Crippen LogP contribution < -0.4 is 4.90 Å². The van der Waals surface area contributed by atoms with Gasteiger partial charge in [-0.1, -0.05) is 54.6 Å². The van der Waals surface area contributed by atoms with Crippen molar-refractivity contribution >= 4 is 17.5 Å². The second-order valence-electron chi connectivity index (χ2n) is 4.54. The van der Waals surface area contributed by atoms with Gasteiger partial charge in [0.1, 0.15) is 6.61 Å². The average Bonchev–Trinajstić information content (AvgIpc) is 2.57. The number of benzene rings is 2. The zero-order valence-electron chi connectivity index (χ0n) is 12.6. The Bertz CT molecular complexity index is 593. The van der Waals surface area contributed by atoms with Crippen molar-refractivity contribution in [3.8, 4) is 0 Å². The molecule has 112 valence electrons. The molecule has 2 rings (SSSR count). The predicted octanol–water partition coefficient (Wildman–Crippen LogP) is 5.09. The molecular formula is C19H19NO2. The van der Waals surface area contributed by atoms with E-state index in [1.165, 1.54) is 0 Å². The number of allylic oxidation sites excluding steroid dienone is 3. The van der Waals surface area contributed by atoms with Gasteiger partial charge in [-0.2, -0.15) is 0 Å². The lowest BCUT2D eigenvalue weighted by atomic mass is 10.2. The number of para-hydroxylation sites is 2. The van der Waals surface area contributed by atoms with Gasteiger partial charge in [0.2, 0.25) is 0 Å². The van der Waals surface area contributed by atoms with Crippen LogP contribution in [0, 0.1) is 0 Å². The van der Waals surface area contributed by atoms with E-state index in [-0.39, 0.29) is 6.61 Å². The van der Waals surface area contributed by atoms with Gasteiger partial charge in [-0.05, 0) is 37.3 Å². The average molecular weight is 293 g/mol. The molecule has 0 radical (unpaired) electrons. The number of ether oxygens (including phenoxy) is 1. The van der Waals surface area contributed by atoms with Gasteiger partial charge in [0.25, 0.3) is 0 Å². The number of carbonyl (C=O) groups is 1. The Morgan fingerprint density at radius 1 is 0.955 bits per heavy atom. The fourth-order valence-corrected chi connectivity index (χ4v) is 1.94. The van der Waals surface area contributed by atoms with Gasteiger partial charge in [0.15, 0.2) is 0 Å². The quantitative estimate of drug-likeness (QED) is 0.718. The molecule has 0 aliphatic heterocycles. The molecule has 1 amide bonds. The molecule has 0 aliphatic rings. The molecule has 0 fully saturated rings. The number of anilines is 2. The molecule has 0 bridgehead atoms. The zero-order valence-corrected chi connectivity index (χ0v) is 12.6. The van der Waals surface area contributed by atoms with Crippen molar-refractivity contribution in [2.24, 2.45) is 0 Å². The molecule has 0 spiro atoms. The molecule has 2 aromatic rings. The van der Waals surface area contributed by atoms with E-state index < -0.39 is 6.09 Å². The number of nitrogens with zero attached hydrogens (tertiary/aromatic N) is 1. The van der Waals surface area contributed by atoms with Gasteiger partial charge in [-0.3, -0.25) is 0 Å². The van der Waals surface area contributed by atoms with E-state index in [2.05, 4.69) is 0 Å². The summed E-state index contributed by atoms with van der Waals surface area (Å²) in [4.78, 5) is 14.0. The lowest BCUT2D eigenvalue weighted by Gasteiger charge is -2.22. The smallest absolute Gasteiger partial charge is 0.419 e. The summed E-state index contributed by atoms with van der Waals surface area (Å²) in [5.41, 5.74) is 1.55. The normalized spacial score (nSPS) is 11.0. The summed E-state index contributed by atoms with van der Waals surface area (Å²) in [6.45, 7) is 2.17. The fraction of sp³-hybridized carbons (Fsp3) is 0.105. The number of rotatable bonds is 5. The van der Waals surface area contributed by atoms with Gasteiger partial charge in [0.05, 0.1) is 11.4 Å². The molecule has 0 saturated heterocycles. The molecule has 22 heavy (non-hydrogen) atoms. The lowest BCUT2D eigenvalue weighted by Crippen LogP contribution is -2.26. The van der Waals surface area contributed by atoms with Crippen LogP contribution in [-0.2, 0) is 4.74 Å². The van der Waals surface area contributed by atoms with Crippen LogP contribution in [0.3, 0.4) is 0 Å². The third-order valence-electron chi connectivity index (χ3n) is 2.95. The third-order valence-corrected chi connectivity index (χ3v) is 2.95. The summed E-state index contributed by atoms with van der Waals surface area (Å²) in [5, 5.41) is 0. The summed E-state index contributed by atoms with van der Waals surface area (Å²) < 4.78 is 5.33. The molecule has 0 saturated carbocycles. The second-order valence-corrected chi connectivity index (χ2v) is 4.54. The maximum absolute atomic E-state index is 12.4. The largest absolute Gasteiger partial charge is 0.445 e. The van der Waals surface area contributed by atoms with Gasteiger partial charge < -0.3 is 4.74 Å². The Balaban J connectivity index is 2.16. The van der Waals surface area contributed by atoms with Crippen LogP contribution in [0.1, 0.15) is 6.92 Å². The van der Waals surface area contributed by atoms with Crippen molar-refractivity contribution in [3.05, 3.63) is 85.0 Å². The second kappa shape index (κ2) is 8.47. The van der Waals surface area contributed by atoms with Crippen molar-refractivity contribution in [1.82, 2.24) is 0 Å². The highest BCUT2D eigenvalue weighted by Crippen LogP contribution is 2.25. The summed E-state index contributed by atoms with van der Waals surface area (Å²) in [6, 6.07) is 18.9. The predicted molar refractivity (Wildman–Crippen MR) is 90.3 cm³/mol. The van der Waals surface area contributed by atoms with Crippen LogP contribution >= 0.6 is 0 Å². The first kappa shape index (κ1) is 15.6. The highest BCUT2D eigenvalue weighted by molar-refractivity contribution is 5.95. The van der Waals surface area contributed by atoms with E-state index in [0.717, 1.165) is 11.4 Å². The fourth-order valence-electron chi connectivity index (χ4n) is 1.94. The van der Waals surface area contributed by atoms with E-state index in [0.29, 0.717) is 0 Å². The Labute approximate surface area is 131 Å². The number of hydrogen-bond donors (Lipinski definition) is 0. The van der Waals surface area contributed by atoms with Crippen molar-refractivity contribution in [2.75, 3.05) is 11.5 Å². The van der Waals surface area contributed by atoms with Crippen LogP contribution in [0.15, 0.2) is 85.0 Å². The standard InChI is InChI=1S/C19H19NO2/c1-2-3-4-11-16-22-19(21)20(17-12-7-5-8-13-17)18-14-9-6-10-15-18/h2-15H,16H2,1H3. The first-order valence-corrected chi connectivity index (χ1v) is 7.17. The maximum atomic E-state index is 12.4. The van der Waals surface area contributed by atoms with E-state index in [1.807, 2.05) is 85.8 Å². The zero-order chi connectivity index (χ0) is 15.6. The van der Waals surface area contributed by atoms with Crippen LogP contribution in [0.4, 0.5) is 16.2 Å². The minimum absolute atomic E-state index is 0.235. The Kier molecular flexibility index (Phi) is 6.00. The molecule has 3 nitrogen and oxygen atoms in total. The van der Waals surface area contributed by atoms with Gasteiger partial charge in [0, 0.05) is 0 Å². The molecular weight excluding hydrogens is 274 g/mol. The summed E-state index contributed by atoms with van der Waals surface area (Å²) in [5.74, 6) is 0. The Hall–Kier alpha value is -2.81. The minimum atomic E-state index is -0.400. The first-order valence-electron chi connectivity index (χ1n) is 7.17. The van der Waals surface area contributed by atoms with Crippen molar-refractivity contribution in [3.63, 3.8) is 0 Å². The summed E-state index contributed by atoms with van der Waals surface area (Å²) in [7, 11) is 0. The van der Waals surface area contributed by atoms with Crippen molar-refractivity contribution < 1.29 is 9.53 Å². The molecule has 2 aromatic carbocycles. The first-order chi connectivity index (χ1) is 10.8. The number of amides is 1. The molecule has 0 heterocycles. The summed E-state index contributed by atoms with van der Waals surface area (Å²) in [6.07, 6.45) is 7.05. The van der Waals surface area contributed by atoms with E-state index in [9.17, 15) is 4.79 Å². The number of hydrogen-bond acceptors (Lipinski definition) is 2. The van der Waals surface area contributed by atoms with E-state index >= 15 is 0 Å². The molecule has 0 aliphatic carbocycles. The van der Waals surface area contributed by atoms with Gasteiger partial charge in [-0.25, -0.2) is 9.69 Å². The molecule has 0 unspecified atom stereocenters. The van der Waals surface area contributed by atoms with Crippen molar-refractivity contribution in [1.29, 1.82) is 0 Å². The highest BCUT2D eigenvalue weighted by atomic mass is 16.6.